The number of amides is 1. The summed E-state index contributed by atoms with van der Waals surface area (Å²) in [5.74, 6) is -1.11. The fourth-order valence-corrected chi connectivity index (χ4v) is 4.11. The third-order valence-electron chi connectivity index (χ3n) is 5.79. The van der Waals surface area contributed by atoms with E-state index in [9.17, 15) is 24.6 Å². The van der Waals surface area contributed by atoms with Crippen molar-refractivity contribution in [2.75, 3.05) is 24.4 Å². The van der Waals surface area contributed by atoms with Gasteiger partial charge < -0.3 is 19.5 Å². The van der Waals surface area contributed by atoms with Crippen molar-refractivity contribution < 1.29 is 18.8 Å². The lowest BCUT2D eigenvalue weighted by atomic mass is 10.1. The first-order chi connectivity index (χ1) is 16.8. The molecule has 2 aromatic heterocycles. The predicted octanol–water partition coefficient (Wildman–Crippen LogP) is 4.38. The fraction of sp³-hybridized carbons (Fsp3) is 0.167. The second kappa shape index (κ2) is 8.95. The highest BCUT2D eigenvalue weighted by Gasteiger charge is 2.26. The van der Waals surface area contributed by atoms with Crippen molar-refractivity contribution in [3.05, 3.63) is 64.2 Å². The van der Waals surface area contributed by atoms with Gasteiger partial charge in [0.25, 0.3) is 0 Å². The lowest BCUT2D eigenvalue weighted by Gasteiger charge is -2.24. The van der Waals surface area contributed by atoms with Crippen LogP contribution in [-0.4, -0.2) is 39.5 Å². The molecule has 1 amide bonds. The maximum absolute atomic E-state index is 14.0. The largest absolute Gasteiger partial charge is 0.494 e. The highest BCUT2D eigenvalue weighted by Crippen LogP contribution is 2.39. The molecule has 0 bridgehead atoms. The Labute approximate surface area is 204 Å². The van der Waals surface area contributed by atoms with Gasteiger partial charge in [-0.2, -0.15) is 9.65 Å². The number of hydrogen-bond acceptors (Lipinski definition) is 8. The second-order valence-corrected chi connectivity index (χ2v) is 7.75. The van der Waals surface area contributed by atoms with E-state index in [1.807, 2.05) is 22.8 Å². The Kier molecular flexibility index (Phi) is 5.99. The van der Waals surface area contributed by atoms with E-state index in [-0.39, 0.29) is 42.8 Å². The molecular weight excluding hydrogens is 469 g/mol. The van der Waals surface area contributed by atoms with Gasteiger partial charge in [0.15, 0.2) is 0 Å². The van der Waals surface area contributed by atoms with Crippen molar-refractivity contribution in [1.29, 1.82) is 5.26 Å². The van der Waals surface area contributed by atoms with Crippen molar-refractivity contribution in [1.82, 2.24) is 14.5 Å². The van der Waals surface area contributed by atoms with Gasteiger partial charge in [-0.05, 0) is 6.07 Å². The zero-order chi connectivity index (χ0) is 24.9. The Hall–Kier alpha value is -5.05. The van der Waals surface area contributed by atoms with Gasteiger partial charge >= 0.3 is 5.69 Å². The molecular formula is C24H20FN7O4. The number of carbonyl (C=O) groups excluding carboxylic acids is 1. The molecule has 36 heavy (non-hydrogen) atoms. The van der Waals surface area contributed by atoms with Crippen LogP contribution in [-0.2, 0) is 11.3 Å². The number of nitrogens with zero attached hydrogens (tertiary/aromatic N) is 6. The molecule has 0 saturated carbocycles. The zero-order valence-electron chi connectivity index (χ0n) is 18.4. The van der Waals surface area contributed by atoms with Crippen LogP contribution in [0.4, 0.5) is 27.4 Å². The predicted molar refractivity (Wildman–Crippen MR) is 131 cm³/mol. The Balaban J connectivity index is 0.00000304. The topological polar surface area (TPSA) is 139 Å². The van der Waals surface area contributed by atoms with Crippen molar-refractivity contribution in [3.63, 3.8) is 0 Å². The summed E-state index contributed by atoms with van der Waals surface area (Å²) >= 11 is 0. The number of likely N-dealkylation sites (N-methyl/N-ethyl adjacent to an activating group) is 1. The number of halogens is 1. The van der Waals surface area contributed by atoms with E-state index in [1.165, 1.54) is 13.3 Å². The van der Waals surface area contributed by atoms with Gasteiger partial charge in [-0.25, -0.2) is 9.97 Å². The van der Waals surface area contributed by atoms with Gasteiger partial charge in [-0.15, -0.1) is 0 Å². The summed E-state index contributed by atoms with van der Waals surface area (Å²) in [5, 5.41) is 24.5. The van der Waals surface area contributed by atoms with Crippen molar-refractivity contribution >= 4 is 39.8 Å². The number of benzene rings is 2. The van der Waals surface area contributed by atoms with Gasteiger partial charge in [0, 0.05) is 36.3 Å². The van der Waals surface area contributed by atoms with Crippen LogP contribution in [0.3, 0.4) is 0 Å². The third-order valence-corrected chi connectivity index (χ3v) is 5.79. The van der Waals surface area contributed by atoms with Crippen LogP contribution < -0.4 is 15.0 Å². The average molecular weight is 489 g/mol. The number of carbonyl (C=O) groups is 1. The average Bonchev–Trinajstić information content (AvgIpc) is 3.22. The summed E-state index contributed by atoms with van der Waals surface area (Å²) in [7, 11) is 3.00. The number of nitro benzene ring substituents is 1. The minimum absolute atomic E-state index is 0. The standard InChI is InChI=1S/C23H16FN7O4.CH4/c1-29-17-5-3-4-13-14(10-30(22(13)17)11-20(29)32)21-12(8-25)9-26-23(28-21)27-16-7-18(31(33)34)15(24)6-19(16)35-2;/h3-7,9-10H,11H2,1-2H3,(H,26,27,28);1H4. The molecule has 12 heteroatoms. The molecule has 11 nitrogen and oxygen atoms in total. The molecule has 0 radical (unpaired) electrons. The van der Waals surface area contributed by atoms with E-state index in [0.717, 1.165) is 28.7 Å². The summed E-state index contributed by atoms with van der Waals surface area (Å²) in [5.41, 5.74) is 2.01. The summed E-state index contributed by atoms with van der Waals surface area (Å²) in [6.07, 6.45) is 3.08. The molecule has 1 N–H and O–H groups in total. The minimum atomic E-state index is -1.05. The molecule has 5 rings (SSSR count). The van der Waals surface area contributed by atoms with Crippen molar-refractivity contribution in [3.8, 4) is 23.1 Å². The summed E-state index contributed by atoms with van der Waals surface area (Å²) in [4.78, 5) is 33.0. The van der Waals surface area contributed by atoms with Crippen LogP contribution >= 0.6 is 0 Å². The SMILES string of the molecule is C.COc1cc(F)c([N+](=O)[O-])cc1Nc1ncc(C#N)c(-c2cn3c4c(cccc24)N(C)C(=O)C3)n1. The van der Waals surface area contributed by atoms with Crippen LogP contribution in [0.25, 0.3) is 22.2 Å². The number of rotatable bonds is 5. The van der Waals surface area contributed by atoms with Crippen LogP contribution in [0.1, 0.15) is 13.0 Å². The molecule has 4 aromatic rings. The number of nitrogens with one attached hydrogen (secondary N) is 1. The third kappa shape index (κ3) is 3.72. The molecule has 0 saturated heterocycles. The quantitative estimate of drug-likeness (QED) is 0.322. The molecule has 0 unspecified atom stereocenters. The molecule has 1 aliphatic heterocycles. The van der Waals surface area contributed by atoms with E-state index in [1.54, 1.807) is 18.1 Å². The molecule has 0 fully saturated rings. The number of ether oxygens (including phenoxy) is 1. The molecule has 0 atom stereocenters. The number of hydrogen-bond donors (Lipinski definition) is 1. The number of anilines is 3. The van der Waals surface area contributed by atoms with Crippen LogP contribution in [0.15, 0.2) is 42.7 Å². The smallest absolute Gasteiger partial charge is 0.307 e. The normalized spacial score (nSPS) is 12.2. The highest BCUT2D eigenvalue weighted by molar-refractivity contribution is 6.10. The number of methoxy groups -OCH3 is 1. The lowest BCUT2D eigenvalue weighted by Crippen LogP contribution is -2.33. The maximum atomic E-state index is 14.0. The molecule has 0 aliphatic carbocycles. The number of nitro groups is 1. The molecule has 0 spiro atoms. The Morgan fingerprint density at radius 1 is 1.33 bits per heavy atom. The first kappa shape index (κ1) is 24.1. The van der Waals surface area contributed by atoms with Gasteiger partial charge in [-0.3, -0.25) is 14.9 Å². The fourth-order valence-electron chi connectivity index (χ4n) is 4.11. The number of para-hydroxylation sites is 1. The van der Waals surface area contributed by atoms with Gasteiger partial charge in [0.05, 0.1) is 46.4 Å². The van der Waals surface area contributed by atoms with E-state index in [2.05, 4.69) is 21.4 Å². The number of aromatic nitrogens is 3. The highest BCUT2D eigenvalue weighted by atomic mass is 19.1. The van der Waals surface area contributed by atoms with Crippen molar-refractivity contribution in [2.45, 2.75) is 14.0 Å². The Morgan fingerprint density at radius 3 is 2.81 bits per heavy atom. The number of nitriles is 1. The first-order valence-corrected chi connectivity index (χ1v) is 10.3. The summed E-state index contributed by atoms with van der Waals surface area (Å²) in [6.45, 7) is 0.137. The Morgan fingerprint density at radius 2 is 2.11 bits per heavy atom. The molecule has 1 aliphatic rings. The van der Waals surface area contributed by atoms with Gasteiger partial charge in [0.2, 0.25) is 17.7 Å². The monoisotopic (exact) mass is 489 g/mol. The van der Waals surface area contributed by atoms with E-state index in [0.29, 0.717) is 11.3 Å². The molecule has 3 heterocycles. The first-order valence-electron chi connectivity index (χ1n) is 10.3. The maximum Gasteiger partial charge on any atom is 0.307 e. The lowest BCUT2D eigenvalue weighted by molar-refractivity contribution is -0.387. The van der Waals surface area contributed by atoms with Gasteiger partial charge in [-0.1, -0.05) is 19.6 Å². The van der Waals surface area contributed by atoms with E-state index in [4.69, 9.17) is 4.74 Å². The second-order valence-electron chi connectivity index (χ2n) is 7.75. The van der Waals surface area contributed by atoms with Crippen LogP contribution in [0, 0.1) is 27.3 Å². The molecule has 182 valence electrons. The van der Waals surface area contributed by atoms with E-state index >= 15 is 0 Å². The molecule has 2 aromatic carbocycles. The Bertz CT molecular complexity index is 1590. The zero-order valence-corrected chi connectivity index (χ0v) is 18.4. The summed E-state index contributed by atoms with van der Waals surface area (Å²) in [6, 6.07) is 9.48. The summed E-state index contributed by atoms with van der Waals surface area (Å²) < 4.78 is 21.0. The van der Waals surface area contributed by atoms with E-state index < -0.39 is 16.4 Å². The van der Waals surface area contributed by atoms with Crippen LogP contribution in [0.5, 0.6) is 5.75 Å². The minimum Gasteiger partial charge on any atom is -0.494 e. The van der Waals surface area contributed by atoms with Gasteiger partial charge in [0.1, 0.15) is 18.4 Å². The van der Waals surface area contributed by atoms with Crippen molar-refractivity contribution in [2.24, 2.45) is 0 Å². The van der Waals surface area contributed by atoms with Crippen LogP contribution in [0.2, 0.25) is 0 Å².